The molecule has 0 aliphatic heterocycles. The van der Waals surface area contributed by atoms with E-state index in [2.05, 4.69) is 0 Å². The Morgan fingerprint density at radius 1 is 0.571 bits per heavy atom. The summed E-state index contributed by atoms with van der Waals surface area (Å²) in [6.45, 7) is 4.42. The molecule has 0 N–H and O–H groups in total. The van der Waals surface area contributed by atoms with Crippen LogP contribution in [0, 0.1) is 13.8 Å². The third-order valence-corrected chi connectivity index (χ3v) is 4.34. The number of benzene rings is 3. The third-order valence-electron chi connectivity index (χ3n) is 4.34. The van der Waals surface area contributed by atoms with Crippen molar-refractivity contribution >= 4 is 11.9 Å². The van der Waals surface area contributed by atoms with Gasteiger partial charge in [0.2, 0.25) is 0 Å². The van der Waals surface area contributed by atoms with Crippen LogP contribution >= 0.6 is 0 Å². The maximum atomic E-state index is 12.2. The van der Waals surface area contributed by atoms with Gasteiger partial charge in [-0.15, -0.1) is 0 Å². The van der Waals surface area contributed by atoms with Gasteiger partial charge in [0.1, 0.15) is 13.2 Å². The summed E-state index contributed by atoms with van der Waals surface area (Å²) in [5.41, 5.74) is 4.94. The molecule has 0 unspecified atom stereocenters. The quantitative estimate of drug-likeness (QED) is 0.569. The van der Waals surface area contributed by atoms with E-state index in [4.69, 9.17) is 9.47 Å². The molecular weight excluding hydrogens is 352 g/mol. The van der Waals surface area contributed by atoms with E-state index in [9.17, 15) is 9.59 Å². The van der Waals surface area contributed by atoms with Crippen LogP contribution in [0.2, 0.25) is 0 Å². The monoisotopic (exact) mass is 374 g/mol. The molecule has 0 aromatic heterocycles. The molecule has 0 aliphatic rings. The van der Waals surface area contributed by atoms with Gasteiger partial charge >= 0.3 is 11.9 Å². The SMILES string of the molecule is Cc1ccc(COC(=O)c2ccc(C(=O)OCc3ccc(C)cc3)cc2)cc1. The van der Waals surface area contributed by atoms with Crippen molar-refractivity contribution in [2.45, 2.75) is 27.1 Å². The topological polar surface area (TPSA) is 52.6 Å². The molecule has 0 spiro atoms. The van der Waals surface area contributed by atoms with Gasteiger partial charge in [0.25, 0.3) is 0 Å². The molecule has 3 aromatic rings. The standard InChI is InChI=1S/C24H22O4/c1-17-3-7-19(8-4-17)15-27-23(25)21-11-13-22(14-12-21)24(26)28-16-20-9-5-18(2)6-10-20/h3-14H,15-16H2,1-2H3. The van der Waals surface area contributed by atoms with Crippen molar-refractivity contribution in [2.75, 3.05) is 0 Å². The van der Waals surface area contributed by atoms with E-state index in [0.717, 1.165) is 22.3 Å². The summed E-state index contributed by atoms with van der Waals surface area (Å²) in [6, 6.07) is 21.9. The molecule has 0 fully saturated rings. The summed E-state index contributed by atoms with van der Waals surface area (Å²) >= 11 is 0. The molecular formula is C24H22O4. The normalized spacial score (nSPS) is 10.4. The minimum absolute atomic E-state index is 0.208. The smallest absolute Gasteiger partial charge is 0.338 e. The van der Waals surface area contributed by atoms with Gasteiger partial charge in [-0.1, -0.05) is 59.7 Å². The van der Waals surface area contributed by atoms with Crippen molar-refractivity contribution in [3.63, 3.8) is 0 Å². The highest BCUT2D eigenvalue weighted by molar-refractivity contribution is 5.93. The largest absolute Gasteiger partial charge is 0.457 e. The molecule has 3 aromatic carbocycles. The molecule has 0 saturated heterocycles. The molecule has 0 aliphatic carbocycles. The van der Waals surface area contributed by atoms with E-state index < -0.39 is 11.9 Å². The Labute approximate surface area is 164 Å². The highest BCUT2D eigenvalue weighted by Gasteiger charge is 2.11. The summed E-state index contributed by atoms with van der Waals surface area (Å²) in [5.74, 6) is -0.861. The second kappa shape index (κ2) is 9.00. The number of ether oxygens (including phenoxy) is 2. The summed E-state index contributed by atoms with van der Waals surface area (Å²) in [4.78, 5) is 24.3. The van der Waals surface area contributed by atoms with Crippen molar-refractivity contribution in [1.82, 2.24) is 0 Å². The number of hydrogen-bond acceptors (Lipinski definition) is 4. The zero-order chi connectivity index (χ0) is 19.9. The Kier molecular flexibility index (Phi) is 6.22. The molecule has 28 heavy (non-hydrogen) atoms. The van der Waals surface area contributed by atoms with Crippen LogP contribution in [0.15, 0.2) is 72.8 Å². The Bertz CT molecular complexity index is 859. The predicted molar refractivity (Wildman–Crippen MR) is 107 cm³/mol. The minimum atomic E-state index is -0.430. The molecule has 0 saturated carbocycles. The average molecular weight is 374 g/mol. The lowest BCUT2D eigenvalue weighted by atomic mass is 10.1. The van der Waals surface area contributed by atoms with Gasteiger partial charge in [-0.2, -0.15) is 0 Å². The van der Waals surface area contributed by atoms with Gasteiger partial charge < -0.3 is 9.47 Å². The molecule has 0 bridgehead atoms. The van der Waals surface area contributed by atoms with Crippen molar-refractivity contribution < 1.29 is 19.1 Å². The Hall–Kier alpha value is -3.40. The van der Waals surface area contributed by atoms with Gasteiger partial charge in [0, 0.05) is 0 Å². The van der Waals surface area contributed by atoms with Gasteiger partial charge in [-0.05, 0) is 49.2 Å². The van der Waals surface area contributed by atoms with Gasteiger partial charge in [-0.25, -0.2) is 9.59 Å². The summed E-state index contributed by atoms with van der Waals surface area (Å²) < 4.78 is 10.6. The van der Waals surface area contributed by atoms with E-state index in [1.807, 2.05) is 62.4 Å². The zero-order valence-corrected chi connectivity index (χ0v) is 16.0. The molecule has 142 valence electrons. The van der Waals surface area contributed by atoms with Crippen LogP contribution in [0.25, 0.3) is 0 Å². The maximum Gasteiger partial charge on any atom is 0.338 e. The first-order chi connectivity index (χ1) is 13.5. The minimum Gasteiger partial charge on any atom is -0.457 e. The van der Waals surface area contributed by atoms with Gasteiger partial charge in [0.15, 0.2) is 0 Å². The number of carbonyl (C=O) groups is 2. The van der Waals surface area contributed by atoms with Crippen molar-refractivity contribution in [2.24, 2.45) is 0 Å². The Morgan fingerprint density at radius 2 is 0.893 bits per heavy atom. The number of aryl methyl sites for hydroxylation is 2. The van der Waals surface area contributed by atoms with E-state index in [-0.39, 0.29) is 13.2 Å². The molecule has 4 heteroatoms. The highest BCUT2D eigenvalue weighted by Crippen LogP contribution is 2.12. The van der Waals surface area contributed by atoms with Crippen LogP contribution in [0.1, 0.15) is 43.0 Å². The average Bonchev–Trinajstić information content (AvgIpc) is 2.72. The molecule has 4 nitrogen and oxygen atoms in total. The number of rotatable bonds is 6. The second-order valence-electron chi connectivity index (χ2n) is 6.70. The Morgan fingerprint density at radius 3 is 1.21 bits per heavy atom. The van der Waals surface area contributed by atoms with E-state index >= 15 is 0 Å². The van der Waals surface area contributed by atoms with Gasteiger partial charge in [0.05, 0.1) is 11.1 Å². The van der Waals surface area contributed by atoms with Crippen LogP contribution < -0.4 is 0 Å². The molecule has 0 radical (unpaired) electrons. The molecule has 0 heterocycles. The van der Waals surface area contributed by atoms with E-state index in [1.54, 1.807) is 24.3 Å². The van der Waals surface area contributed by atoms with Crippen molar-refractivity contribution in [1.29, 1.82) is 0 Å². The van der Waals surface area contributed by atoms with Crippen molar-refractivity contribution in [3.8, 4) is 0 Å². The van der Waals surface area contributed by atoms with Crippen LogP contribution in [0.3, 0.4) is 0 Å². The lowest BCUT2D eigenvalue weighted by Crippen LogP contribution is -2.08. The van der Waals surface area contributed by atoms with Crippen LogP contribution in [0.4, 0.5) is 0 Å². The first-order valence-electron chi connectivity index (χ1n) is 9.07. The van der Waals surface area contributed by atoms with Crippen LogP contribution in [-0.4, -0.2) is 11.9 Å². The zero-order valence-electron chi connectivity index (χ0n) is 16.0. The van der Waals surface area contributed by atoms with Gasteiger partial charge in [-0.3, -0.25) is 0 Å². The molecule has 3 rings (SSSR count). The predicted octanol–water partition coefficient (Wildman–Crippen LogP) is 5.02. The fourth-order valence-electron chi connectivity index (χ4n) is 2.58. The maximum absolute atomic E-state index is 12.2. The third kappa shape index (κ3) is 5.30. The number of carbonyl (C=O) groups excluding carboxylic acids is 2. The second-order valence-corrected chi connectivity index (χ2v) is 6.70. The van der Waals surface area contributed by atoms with Crippen molar-refractivity contribution in [3.05, 3.63) is 106 Å². The summed E-state index contributed by atoms with van der Waals surface area (Å²) in [5, 5.41) is 0. The van der Waals surface area contributed by atoms with Crippen LogP contribution in [-0.2, 0) is 22.7 Å². The number of hydrogen-bond donors (Lipinski definition) is 0. The Balaban J connectivity index is 1.53. The fourth-order valence-corrected chi connectivity index (χ4v) is 2.58. The molecule has 0 atom stereocenters. The first-order valence-corrected chi connectivity index (χ1v) is 9.07. The summed E-state index contributed by atoms with van der Waals surface area (Å²) in [7, 11) is 0. The lowest BCUT2D eigenvalue weighted by molar-refractivity contribution is 0.0458. The highest BCUT2D eigenvalue weighted by atomic mass is 16.5. The lowest BCUT2D eigenvalue weighted by Gasteiger charge is -2.07. The van der Waals surface area contributed by atoms with E-state index in [1.165, 1.54) is 0 Å². The first kappa shape index (κ1) is 19.4. The molecule has 0 amide bonds. The van der Waals surface area contributed by atoms with Crippen LogP contribution in [0.5, 0.6) is 0 Å². The van der Waals surface area contributed by atoms with E-state index in [0.29, 0.717) is 11.1 Å². The fraction of sp³-hybridized carbons (Fsp3) is 0.167. The summed E-state index contributed by atoms with van der Waals surface area (Å²) in [6.07, 6.45) is 0. The number of esters is 2.